The maximum atomic E-state index is 12.6. The Morgan fingerprint density at radius 3 is 2.84 bits per heavy atom. The monoisotopic (exact) mass is 357 g/mol. The quantitative estimate of drug-likeness (QED) is 0.502. The van der Waals surface area contributed by atoms with E-state index in [1.807, 2.05) is 23.6 Å². The van der Waals surface area contributed by atoms with Crippen LogP contribution in [0.25, 0.3) is 21.3 Å². The zero-order valence-corrected chi connectivity index (χ0v) is 14.9. The summed E-state index contributed by atoms with van der Waals surface area (Å²) in [5.41, 5.74) is 1.57. The molecule has 2 N–H and O–H groups in total. The molecule has 3 aromatic rings. The fraction of sp³-hybridized carbons (Fsp3) is 0.222. The number of H-pyrrole nitrogens is 1. The second-order valence-electron chi connectivity index (χ2n) is 5.33. The molecule has 1 aromatic carbocycles. The highest BCUT2D eigenvalue weighted by molar-refractivity contribution is 7.17. The summed E-state index contributed by atoms with van der Waals surface area (Å²) in [5.74, 6) is 1.88. The molecule has 0 aliphatic heterocycles. The molecule has 6 nitrogen and oxygen atoms in total. The van der Waals surface area contributed by atoms with Gasteiger partial charge in [-0.3, -0.25) is 4.79 Å². The average molecular weight is 357 g/mol. The lowest BCUT2D eigenvalue weighted by atomic mass is 10.1. The predicted octanol–water partition coefficient (Wildman–Crippen LogP) is 2.94. The fourth-order valence-corrected chi connectivity index (χ4v) is 3.55. The Labute approximate surface area is 149 Å². The van der Waals surface area contributed by atoms with Crippen molar-refractivity contribution in [3.8, 4) is 22.6 Å². The fourth-order valence-electron chi connectivity index (χ4n) is 2.59. The van der Waals surface area contributed by atoms with Gasteiger partial charge in [0.25, 0.3) is 5.56 Å². The highest BCUT2D eigenvalue weighted by Crippen LogP contribution is 2.36. The van der Waals surface area contributed by atoms with Crippen LogP contribution in [0.5, 0.6) is 11.5 Å². The third-order valence-corrected chi connectivity index (χ3v) is 4.64. The first-order valence-electron chi connectivity index (χ1n) is 7.72. The first kappa shape index (κ1) is 17.2. The summed E-state index contributed by atoms with van der Waals surface area (Å²) in [6.07, 6.45) is 1.76. The average Bonchev–Trinajstić information content (AvgIpc) is 3.06. The smallest absolute Gasteiger partial charge is 0.260 e. The number of ether oxygens (including phenoxy) is 2. The van der Waals surface area contributed by atoms with Crippen molar-refractivity contribution in [2.24, 2.45) is 0 Å². The Morgan fingerprint density at radius 1 is 1.32 bits per heavy atom. The van der Waals surface area contributed by atoms with E-state index in [9.17, 15) is 4.79 Å². The molecule has 0 atom stereocenters. The van der Waals surface area contributed by atoms with Crippen molar-refractivity contribution in [1.82, 2.24) is 15.3 Å². The van der Waals surface area contributed by atoms with Crippen molar-refractivity contribution in [2.45, 2.75) is 6.54 Å². The van der Waals surface area contributed by atoms with Crippen molar-refractivity contribution in [1.29, 1.82) is 0 Å². The molecule has 130 valence electrons. The van der Waals surface area contributed by atoms with Crippen LogP contribution in [0.15, 0.2) is 41.0 Å². The van der Waals surface area contributed by atoms with Gasteiger partial charge < -0.3 is 19.8 Å². The number of methoxy groups -OCH3 is 2. The Bertz CT molecular complexity index is 962. The summed E-state index contributed by atoms with van der Waals surface area (Å²) < 4.78 is 10.6. The van der Waals surface area contributed by atoms with Crippen LogP contribution in [0.2, 0.25) is 0 Å². The van der Waals surface area contributed by atoms with Gasteiger partial charge in [0.05, 0.1) is 26.2 Å². The highest BCUT2D eigenvalue weighted by atomic mass is 32.1. The summed E-state index contributed by atoms with van der Waals surface area (Å²) in [6.45, 7) is 4.79. The van der Waals surface area contributed by atoms with Crippen LogP contribution in [-0.4, -0.2) is 30.7 Å². The number of hydrogen-bond donors (Lipinski definition) is 2. The number of nitrogens with one attached hydrogen (secondary N) is 2. The van der Waals surface area contributed by atoms with Gasteiger partial charge in [-0.1, -0.05) is 12.1 Å². The Balaban J connectivity index is 2.04. The molecule has 7 heteroatoms. The zero-order chi connectivity index (χ0) is 17.8. The molecule has 2 heterocycles. The number of benzene rings is 1. The van der Waals surface area contributed by atoms with E-state index in [2.05, 4.69) is 21.9 Å². The lowest BCUT2D eigenvalue weighted by molar-refractivity contribution is 0.355. The normalized spacial score (nSPS) is 10.8. The number of nitrogens with zero attached hydrogens (tertiary/aromatic N) is 1. The predicted molar refractivity (Wildman–Crippen MR) is 101 cm³/mol. The maximum absolute atomic E-state index is 12.6. The third-order valence-electron chi connectivity index (χ3n) is 3.77. The van der Waals surface area contributed by atoms with Gasteiger partial charge in [0, 0.05) is 17.5 Å². The minimum atomic E-state index is -0.147. The molecule has 25 heavy (non-hydrogen) atoms. The maximum Gasteiger partial charge on any atom is 0.260 e. The molecule has 2 aromatic heterocycles. The number of rotatable bonds is 7. The van der Waals surface area contributed by atoms with E-state index in [1.165, 1.54) is 11.3 Å². The lowest BCUT2D eigenvalue weighted by Gasteiger charge is -2.09. The van der Waals surface area contributed by atoms with Crippen LogP contribution in [0.4, 0.5) is 0 Å². The molecule has 0 spiro atoms. The second-order valence-corrected chi connectivity index (χ2v) is 6.19. The molecule has 0 amide bonds. The number of hydrogen-bond acceptors (Lipinski definition) is 6. The summed E-state index contributed by atoms with van der Waals surface area (Å²) in [5, 5.41) is 5.66. The molecule has 0 saturated carbocycles. The van der Waals surface area contributed by atoms with E-state index in [0.29, 0.717) is 40.6 Å². The third kappa shape index (κ3) is 3.42. The SMILES string of the molecule is C=CCNCc1nc2scc(-c3ccc(OC)c(OC)c3)c2c(=O)[nH]1. The van der Waals surface area contributed by atoms with Crippen molar-refractivity contribution in [2.75, 3.05) is 20.8 Å². The van der Waals surface area contributed by atoms with E-state index >= 15 is 0 Å². The van der Waals surface area contributed by atoms with Gasteiger partial charge in [-0.2, -0.15) is 0 Å². The van der Waals surface area contributed by atoms with Crippen LogP contribution in [0.1, 0.15) is 5.82 Å². The molecule has 3 rings (SSSR count). The molecule has 0 fully saturated rings. The van der Waals surface area contributed by atoms with E-state index < -0.39 is 0 Å². The number of fused-ring (bicyclic) bond motifs is 1. The van der Waals surface area contributed by atoms with Gasteiger partial charge in [-0.25, -0.2) is 4.98 Å². The number of thiophene rings is 1. The molecular formula is C18H19N3O3S. The molecule has 0 radical (unpaired) electrons. The summed E-state index contributed by atoms with van der Waals surface area (Å²) in [7, 11) is 3.18. The van der Waals surface area contributed by atoms with Crippen molar-refractivity contribution in [3.05, 3.63) is 52.4 Å². The van der Waals surface area contributed by atoms with Crippen LogP contribution >= 0.6 is 11.3 Å². The zero-order valence-electron chi connectivity index (χ0n) is 14.1. The minimum absolute atomic E-state index is 0.147. The highest BCUT2D eigenvalue weighted by Gasteiger charge is 2.14. The van der Waals surface area contributed by atoms with Crippen LogP contribution < -0.4 is 20.3 Å². The Hall–Kier alpha value is -2.64. The molecule has 0 bridgehead atoms. The van der Waals surface area contributed by atoms with Gasteiger partial charge in [-0.15, -0.1) is 17.9 Å². The van der Waals surface area contributed by atoms with Gasteiger partial charge in [0.1, 0.15) is 10.7 Å². The first-order chi connectivity index (χ1) is 12.2. The van der Waals surface area contributed by atoms with Crippen LogP contribution in [0.3, 0.4) is 0 Å². The van der Waals surface area contributed by atoms with E-state index in [4.69, 9.17) is 9.47 Å². The minimum Gasteiger partial charge on any atom is -0.493 e. The molecule has 0 aliphatic carbocycles. The van der Waals surface area contributed by atoms with E-state index in [1.54, 1.807) is 20.3 Å². The van der Waals surface area contributed by atoms with Crippen molar-refractivity contribution < 1.29 is 9.47 Å². The standard InChI is InChI=1S/C18H19N3O3S/c1-4-7-19-9-15-20-17(22)16-12(10-25-18(16)21-15)11-5-6-13(23-2)14(8-11)24-3/h4-6,8,10,19H,1,7,9H2,2-3H3,(H,20,21,22). The Kier molecular flexibility index (Phi) is 5.16. The van der Waals surface area contributed by atoms with Crippen LogP contribution in [0, 0.1) is 0 Å². The summed E-state index contributed by atoms with van der Waals surface area (Å²) in [6, 6.07) is 5.59. The molecule has 0 saturated heterocycles. The van der Waals surface area contributed by atoms with Crippen molar-refractivity contribution >= 4 is 21.6 Å². The largest absolute Gasteiger partial charge is 0.493 e. The lowest BCUT2D eigenvalue weighted by Crippen LogP contribution is -2.19. The number of aromatic amines is 1. The van der Waals surface area contributed by atoms with Gasteiger partial charge in [0.15, 0.2) is 11.5 Å². The Morgan fingerprint density at radius 2 is 2.12 bits per heavy atom. The van der Waals surface area contributed by atoms with Gasteiger partial charge >= 0.3 is 0 Å². The molecule has 0 aliphatic rings. The van der Waals surface area contributed by atoms with E-state index in [-0.39, 0.29) is 5.56 Å². The van der Waals surface area contributed by atoms with Crippen LogP contribution in [-0.2, 0) is 6.54 Å². The topological polar surface area (TPSA) is 76.2 Å². The summed E-state index contributed by atoms with van der Waals surface area (Å²) in [4.78, 5) is 20.7. The number of aromatic nitrogens is 2. The molecule has 0 unspecified atom stereocenters. The summed E-state index contributed by atoms with van der Waals surface area (Å²) >= 11 is 1.45. The van der Waals surface area contributed by atoms with Gasteiger partial charge in [0.2, 0.25) is 0 Å². The van der Waals surface area contributed by atoms with Crippen molar-refractivity contribution in [3.63, 3.8) is 0 Å². The first-order valence-corrected chi connectivity index (χ1v) is 8.60. The van der Waals surface area contributed by atoms with E-state index in [0.717, 1.165) is 11.1 Å². The van der Waals surface area contributed by atoms with Gasteiger partial charge in [-0.05, 0) is 17.7 Å². The second kappa shape index (κ2) is 7.50. The molecular weight excluding hydrogens is 338 g/mol.